The molecule has 1 N–H and O–H groups in total. The van der Waals surface area contributed by atoms with E-state index < -0.39 is 0 Å². The minimum absolute atomic E-state index is 0.166. The van der Waals surface area contributed by atoms with E-state index in [1.165, 1.54) is 19.2 Å². The highest BCUT2D eigenvalue weighted by Crippen LogP contribution is 2.36. The number of halogens is 1. The monoisotopic (exact) mass is 198 g/mol. The highest BCUT2D eigenvalue weighted by Gasteiger charge is 2.08. The van der Waals surface area contributed by atoms with Gasteiger partial charge in [0.2, 0.25) is 0 Å². The quantitative estimate of drug-likeness (QED) is 0.763. The van der Waals surface area contributed by atoms with Crippen LogP contribution in [0.25, 0.3) is 10.1 Å². The molecular formula is C9H7FO2S. The van der Waals surface area contributed by atoms with Crippen molar-refractivity contribution >= 4 is 21.4 Å². The fourth-order valence-electron chi connectivity index (χ4n) is 1.23. The molecule has 0 saturated carbocycles. The molecule has 1 aromatic heterocycles. The van der Waals surface area contributed by atoms with Gasteiger partial charge in [-0.3, -0.25) is 0 Å². The molecule has 1 aromatic carbocycles. The molecule has 2 aromatic rings. The lowest BCUT2D eigenvalue weighted by atomic mass is 10.2. The maximum Gasteiger partial charge on any atom is 0.172 e. The molecule has 0 amide bonds. The van der Waals surface area contributed by atoms with Crippen molar-refractivity contribution in [2.24, 2.45) is 0 Å². The summed E-state index contributed by atoms with van der Waals surface area (Å²) >= 11 is 1.13. The molecular weight excluding hydrogens is 191 g/mol. The lowest BCUT2D eigenvalue weighted by Gasteiger charge is -2.00. The first kappa shape index (κ1) is 8.31. The fraction of sp³-hybridized carbons (Fsp3) is 0.111. The fourth-order valence-corrected chi connectivity index (χ4v) is 2.07. The van der Waals surface area contributed by atoms with Crippen LogP contribution in [0.3, 0.4) is 0 Å². The molecule has 0 atom stereocenters. The summed E-state index contributed by atoms with van der Waals surface area (Å²) in [5.74, 6) is 0.0951. The van der Waals surface area contributed by atoms with E-state index in [9.17, 15) is 9.50 Å². The topological polar surface area (TPSA) is 29.5 Å². The highest BCUT2D eigenvalue weighted by atomic mass is 32.1. The second kappa shape index (κ2) is 2.88. The SMILES string of the molecule is COc1cc(F)cc2sc(O)cc12. The Morgan fingerprint density at radius 2 is 2.15 bits per heavy atom. The first-order valence-electron chi connectivity index (χ1n) is 3.67. The van der Waals surface area contributed by atoms with Crippen molar-refractivity contribution in [2.75, 3.05) is 7.11 Å². The van der Waals surface area contributed by atoms with Crippen molar-refractivity contribution in [1.29, 1.82) is 0 Å². The molecule has 1 heterocycles. The summed E-state index contributed by atoms with van der Waals surface area (Å²) in [4.78, 5) is 0. The number of thiophene rings is 1. The van der Waals surface area contributed by atoms with Gasteiger partial charge in [0.15, 0.2) is 5.06 Å². The minimum Gasteiger partial charge on any atom is -0.499 e. The summed E-state index contributed by atoms with van der Waals surface area (Å²) in [5.41, 5.74) is 0. The smallest absolute Gasteiger partial charge is 0.172 e. The third kappa shape index (κ3) is 1.33. The predicted octanol–water partition coefficient (Wildman–Crippen LogP) is 2.75. The summed E-state index contributed by atoms with van der Waals surface area (Å²) < 4.78 is 18.6. The van der Waals surface area contributed by atoms with Gasteiger partial charge in [0.25, 0.3) is 0 Å². The average Bonchev–Trinajstić information content (AvgIpc) is 2.43. The number of fused-ring (bicyclic) bond motifs is 1. The lowest BCUT2D eigenvalue weighted by molar-refractivity contribution is 0.416. The van der Waals surface area contributed by atoms with Crippen LogP contribution in [0, 0.1) is 5.82 Å². The van der Waals surface area contributed by atoms with Crippen LogP contribution in [-0.4, -0.2) is 12.2 Å². The van der Waals surface area contributed by atoms with E-state index in [4.69, 9.17) is 4.74 Å². The van der Waals surface area contributed by atoms with E-state index >= 15 is 0 Å². The van der Waals surface area contributed by atoms with Gasteiger partial charge in [0.1, 0.15) is 11.6 Å². The number of methoxy groups -OCH3 is 1. The van der Waals surface area contributed by atoms with Gasteiger partial charge in [-0.1, -0.05) is 11.3 Å². The van der Waals surface area contributed by atoms with E-state index in [1.807, 2.05) is 0 Å². The largest absolute Gasteiger partial charge is 0.499 e. The molecule has 0 aliphatic heterocycles. The molecule has 0 aliphatic rings. The number of benzene rings is 1. The van der Waals surface area contributed by atoms with Crippen molar-refractivity contribution in [1.82, 2.24) is 0 Å². The van der Waals surface area contributed by atoms with Gasteiger partial charge >= 0.3 is 0 Å². The minimum atomic E-state index is -0.355. The Hall–Kier alpha value is -1.29. The Bertz CT molecular complexity index is 450. The van der Waals surface area contributed by atoms with Crippen LogP contribution in [0.5, 0.6) is 10.8 Å². The standard InChI is InChI=1S/C9H7FO2S/c1-12-7-2-5(10)3-8-6(7)4-9(11)13-8/h2-4,11H,1H3. The van der Waals surface area contributed by atoms with Gasteiger partial charge in [0, 0.05) is 22.2 Å². The Morgan fingerprint density at radius 1 is 1.38 bits per heavy atom. The van der Waals surface area contributed by atoms with Crippen LogP contribution in [-0.2, 0) is 0 Å². The molecule has 0 bridgehead atoms. The second-order valence-electron chi connectivity index (χ2n) is 2.60. The van der Waals surface area contributed by atoms with E-state index in [1.54, 1.807) is 6.07 Å². The number of hydrogen-bond donors (Lipinski definition) is 1. The Kier molecular flexibility index (Phi) is 1.84. The van der Waals surface area contributed by atoms with Gasteiger partial charge in [-0.05, 0) is 6.07 Å². The first-order valence-corrected chi connectivity index (χ1v) is 4.48. The molecule has 2 nitrogen and oxygen atoms in total. The molecule has 0 saturated heterocycles. The van der Waals surface area contributed by atoms with Crippen LogP contribution < -0.4 is 4.74 Å². The lowest BCUT2D eigenvalue weighted by Crippen LogP contribution is -1.84. The molecule has 0 fully saturated rings. The number of ether oxygens (including phenoxy) is 1. The third-order valence-electron chi connectivity index (χ3n) is 1.77. The van der Waals surface area contributed by atoms with Crippen molar-refractivity contribution in [3.8, 4) is 10.8 Å². The van der Waals surface area contributed by atoms with Gasteiger partial charge < -0.3 is 9.84 Å². The summed E-state index contributed by atoms with van der Waals surface area (Å²) in [6.45, 7) is 0. The number of rotatable bonds is 1. The van der Waals surface area contributed by atoms with E-state index in [-0.39, 0.29) is 10.9 Å². The summed E-state index contributed by atoms with van der Waals surface area (Å²) in [5, 5.41) is 10.1. The van der Waals surface area contributed by atoms with Crippen LogP contribution in [0.15, 0.2) is 18.2 Å². The normalized spacial score (nSPS) is 10.6. The van der Waals surface area contributed by atoms with Crippen molar-refractivity contribution < 1.29 is 14.2 Å². The molecule has 13 heavy (non-hydrogen) atoms. The molecule has 4 heteroatoms. The van der Waals surface area contributed by atoms with E-state index in [0.717, 1.165) is 16.7 Å². The van der Waals surface area contributed by atoms with Crippen molar-refractivity contribution in [2.45, 2.75) is 0 Å². The predicted molar refractivity (Wildman–Crippen MR) is 50.0 cm³/mol. The van der Waals surface area contributed by atoms with Crippen LogP contribution in [0.2, 0.25) is 0 Å². The molecule has 0 radical (unpaired) electrons. The van der Waals surface area contributed by atoms with Crippen molar-refractivity contribution in [3.63, 3.8) is 0 Å². The highest BCUT2D eigenvalue weighted by molar-refractivity contribution is 7.20. The zero-order valence-corrected chi connectivity index (χ0v) is 7.69. The number of hydrogen-bond acceptors (Lipinski definition) is 3. The molecule has 0 unspecified atom stereocenters. The average molecular weight is 198 g/mol. The van der Waals surface area contributed by atoms with Gasteiger partial charge in [-0.2, -0.15) is 0 Å². The van der Waals surface area contributed by atoms with Crippen molar-refractivity contribution in [3.05, 3.63) is 24.0 Å². The molecule has 68 valence electrons. The summed E-state index contributed by atoms with van der Waals surface area (Å²) in [7, 11) is 1.48. The Morgan fingerprint density at radius 3 is 2.85 bits per heavy atom. The van der Waals surface area contributed by atoms with Gasteiger partial charge in [-0.25, -0.2) is 4.39 Å². The molecule has 0 aliphatic carbocycles. The Labute approximate surface area is 78.2 Å². The second-order valence-corrected chi connectivity index (χ2v) is 3.67. The Balaban J connectivity index is 2.80. The van der Waals surface area contributed by atoms with Crippen LogP contribution >= 0.6 is 11.3 Å². The molecule has 2 rings (SSSR count). The van der Waals surface area contributed by atoms with E-state index in [2.05, 4.69) is 0 Å². The maximum absolute atomic E-state index is 12.9. The number of aromatic hydroxyl groups is 1. The van der Waals surface area contributed by atoms with Crippen LogP contribution in [0.4, 0.5) is 4.39 Å². The molecule has 0 spiro atoms. The summed E-state index contributed by atoms with van der Waals surface area (Å²) in [6, 6.07) is 4.25. The summed E-state index contributed by atoms with van der Waals surface area (Å²) in [6.07, 6.45) is 0. The maximum atomic E-state index is 12.9. The van der Waals surface area contributed by atoms with E-state index in [0.29, 0.717) is 10.4 Å². The first-order chi connectivity index (χ1) is 6.20. The van der Waals surface area contributed by atoms with Gasteiger partial charge in [0.05, 0.1) is 7.11 Å². The zero-order valence-electron chi connectivity index (χ0n) is 6.87. The zero-order chi connectivity index (χ0) is 9.42. The van der Waals surface area contributed by atoms with Gasteiger partial charge in [-0.15, -0.1) is 0 Å². The third-order valence-corrected chi connectivity index (χ3v) is 2.66. The van der Waals surface area contributed by atoms with Crippen LogP contribution in [0.1, 0.15) is 0 Å².